The number of aliphatic hydroxyl groups is 2. The van der Waals surface area contributed by atoms with E-state index in [0.29, 0.717) is 113 Å². The summed E-state index contributed by atoms with van der Waals surface area (Å²) in [6.07, 6.45) is 21.9. The van der Waals surface area contributed by atoms with E-state index < -0.39 is 17.8 Å². The second-order valence-electron chi connectivity index (χ2n) is 29.6. The summed E-state index contributed by atoms with van der Waals surface area (Å²) in [5.74, 6) is 4.42. The molecule has 2 unspecified atom stereocenters. The Labute approximate surface area is 624 Å². The molecule has 0 aliphatic heterocycles. The number of carbonyl (C=O) groups is 1. The molecule has 0 spiro atoms. The maximum Gasteiger partial charge on any atom is 0.410 e. The number of nitrogens with one attached hydrogen (secondary N) is 2. The first-order valence-corrected chi connectivity index (χ1v) is 38.0. The fraction of sp³-hybridized carbons (Fsp3) is 0.636. The average Bonchev–Trinajstić information content (AvgIpc) is 1.57. The van der Waals surface area contributed by atoms with Gasteiger partial charge in [-0.15, -0.1) is 15.3 Å². The van der Waals surface area contributed by atoms with Gasteiger partial charge in [0.1, 0.15) is 17.8 Å². The largest absolute Gasteiger partial charge is 0.493 e. The summed E-state index contributed by atoms with van der Waals surface area (Å²) in [5.41, 5.74) is 17.2. The predicted octanol–water partition coefficient (Wildman–Crippen LogP) is 12.1. The van der Waals surface area contributed by atoms with E-state index >= 15 is 0 Å². The Kier molecular flexibility index (Phi) is 29.2. The molecule has 29 heteroatoms. The first-order valence-electron chi connectivity index (χ1n) is 38.0. The van der Waals surface area contributed by atoms with Gasteiger partial charge in [-0.05, 0) is 212 Å². The highest BCUT2D eigenvalue weighted by molar-refractivity contribution is 5.68. The normalized spacial score (nSPS) is 19.7. The smallest absolute Gasteiger partial charge is 0.410 e. The van der Waals surface area contributed by atoms with Crippen LogP contribution in [0.25, 0.3) is 16.9 Å². The van der Waals surface area contributed by atoms with Crippen molar-refractivity contribution in [1.82, 2.24) is 74.3 Å². The molecule has 11 rings (SSSR count). The average molecular weight is 1470 g/mol. The van der Waals surface area contributed by atoms with E-state index in [1.165, 1.54) is 25.7 Å². The molecule has 0 radical (unpaired) electrons. The van der Waals surface area contributed by atoms with Gasteiger partial charge in [0.15, 0.2) is 57.4 Å². The first-order chi connectivity index (χ1) is 50.9. The molecule has 3 fully saturated rings. The molecule has 6 aromatic heterocycles. The van der Waals surface area contributed by atoms with Crippen LogP contribution in [0.15, 0.2) is 55.0 Å². The molecule has 106 heavy (non-hydrogen) atoms. The van der Waals surface area contributed by atoms with E-state index in [1.807, 2.05) is 95.7 Å². The van der Waals surface area contributed by atoms with Crippen LogP contribution in [0.2, 0.25) is 0 Å². The fourth-order valence-electron chi connectivity index (χ4n) is 14.6. The second-order valence-corrected chi connectivity index (χ2v) is 29.6. The maximum absolute atomic E-state index is 12.8. The van der Waals surface area contributed by atoms with Crippen LogP contribution >= 0.6 is 0 Å². The molecular weight excluding hydrogens is 1350 g/mol. The van der Waals surface area contributed by atoms with Crippen molar-refractivity contribution in [2.45, 2.75) is 252 Å². The van der Waals surface area contributed by atoms with Crippen LogP contribution in [0.3, 0.4) is 0 Å². The third kappa shape index (κ3) is 21.1. The van der Waals surface area contributed by atoms with Crippen LogP contribution in [0.1, 0.15) is 218 Å². The van der Waals surface area contributed by atoms with Crippen LogP contribution < -0.4 is 60.2 Å². The Morgan fingerprint density at radius 1 is 0.566 bits per heavy atom. The van der Waals surface area contributed by atoms with Gasteiger partial charge >= 0.3 is 24.1 Å². The Morgan fingerprint density at radius 3 is 1.42 bits per heavy atom. The quantitative estimate of drug-likeness (QED) is 0.0243. The van der Waals surface area contributed by atoms with Crippen molar-refractivity contribution in [2.75, 3.05) is 65.9 Å². The highest BCUT2D eigenvalue weighted by Gasteiger charge is 2.36. The van der Waals surface area contributed by atoms with Crippen molar-refractivity contribution in [1.29, 1.82) is 0 Å². The highest BCUT2D eigenvalue weighted by Crippen LogP contribution is 2.40. The molecule has 8 aromatic rings. The number of fused-ring (bicyclic) bond motifs is 3. The molecule has 29 nitrogen and oxygen atoms in total. The topological polar surface area (TPSA) is 343 Å². The highest BCUT2D eigenvalue weighted by atomic mass is 16.6. The van der Waals surface area contributed by atoms with Gasteiger partial charge in [-0.25, -0.2) is 33.3 Å². The van der Waals surface area contributed by atoms with Crippen molar-refractivity contribution in [3.8, 4) is 41.0 Å². The Morgan fingerprint density at radius 2 is 0.972 bits per heavy atom. The summed E-state index contributed by atoms with van der Waals surface area (Å²) in [6, 6.07) is 13.6. The number of hydrogen-bond acceptors (Lipinski definition) is 25. The maximum atomic E-state index is 12.8. The minimum absolute atomic E-state index is 0.00515. The van der Waals surface area contributed by atoms with E-state index in [1.54, 1.807) is 61.8 Å². The van der Waals surface area contributed by atoms with Crippen LogP contribution in [-0.2, 0) is 24.2 Å². The summed E-state index contributed by atoms with van der Waals surface area (Å²) in [7, 11) is 12.3. The van der Waals surface area contributed by atoms with Crippen LogP contribution in [0.5, 0.6) is 41.0 Å². The summed E-state index contributed by atoms with van der Waals surface area (Å²) >= 11 is 0. The van der Waals surface area contributed by atoms with E-state index in [9.17, 15) is 15.0 Å². The zero-order valence-electron chi connectivity index (χ0n) is 65.4. The zero-order chi connectivity index (χ0) is 76.4. The molecular formula is C77H118N18O11. The number of methoxy groups -OCH3 is 4. The molecule has 3 aliphatic carbocycles. The molecule has 582 valence electrons. The summed E-state index contributed by atoms with van der Waals surface area (Å²) < 4.78 is 50.9. The lowest BCUT2D eigenvalue weighted by Gasteiger charge is -2.36. The molecule has 5 atom stereocenters. The number of ether oxygens (including phenoxy) is 8. The van der Waals surface area contributed by atoms with Crippen molar-refractivity contribution >= 4 is 40.5 Å². The number of nitrogens with zero attached hydrogens (tertiary/aromatic N) is 14. The van der Waals surface area contributed by atoms with Crippen LogP contribution in [-0.4, -0.2) is 172 Å². The van der Waals surface area contributed by atoms with Crippen molar-refractivity contribution in [2.24, 2.45) is 17.8 Å². The zero-order valence-corrected chi connectivity index (χ0v) is 65.4. The van der Waals surface area contributed by atoms with E-state index in [-0.39, 0.29) is 60.1 Å². The number of amides is 1. The molecule has 3 saturated carbocycles. The molecule has 0 saturated heterocycles. The van der Waals surface area contributed by atoms with E-state index in [4.69, 9.17) is 64.4 Å². The van der Waals surface area contributed by atoms with Gasteiger partial charge in [-0.3, -0.25) is 0 Å². The van der Waals surface area contributed by atoms with Gasteiger partial charge in [0.25, 0.3) is 0 Å². The molecule has 3 aliphatic rings. The Hall–Kier alpha value is -8.80. The lowest BCUT2D eigenvalue weighted by atomic mass is 9.81. The molecule has 0 bridgehead atoms. The third-order valence-electron chi connectivity index (χ3n) is 20.5. The number of nitrogen functional groups attached to an aromatic ring is 2. The number of aromatic nitrogens is 12. The van der Waals surface area contributed by atoms with Gasteiger partial charge in [0.05, 0.1) is 82.4 Å². The van der Waals surface area contributed by atoms with Crippen molar-refractivity contribution in [3.05, 3.63) is 83.2 Å². The number of hydrogen-bond donors (Lipinski definition) is 6. The lowest BCUT2D eigenvalue weighted by molar-refractivity contribution is 0.0110. The molecule has 1 amide bonds. The lowest BCUT2D eigenvalue weighted by Crippen LogP contribution is -2.42. The number of benzene rings is 2. The third-order valence-corrected chi connectivity index (χ3v) is 20.5. The van der Waals surface area contributed by atoms with E-state index in [0.717, 1.165) is 100 Å². The van der Waals surface area contributed by atoms with Crippen molar-refractivity contribution in [3.63, 3.8) is 0 Å². The molecule has 8 N–H and O–H groups in total. The minimum Gasteiger partial charge on any atom is -0.493 e. The molecule has 6 heterocycles. The summed E-state index contributed by atoms with van der Waals surface area (Å²) in [5, 5.41) is 43.4. The van der Waals surface area contributed by atoms with Crippen molar-refractivity contribution < 1.29 is 52.9 Å². The van der Waals surface area contributed by atoms with Crippen LogP contribution in [0.4, 0.5) is 22.2 Å². The number of nitrogens with two attached hydrogens (primary N) is 2. The van der Waals surface area contributed by atoms with Gasteiger partial charge in [0, 0.05) is 38.3 Å². The first kappa shape index (κ1) is 81.3. The number of aliphatic hydroxyl groups excluding tert-OH is 2. The van der Waals surface area contributed by atoms with Crippen LogP contribution in [0, 0.1) is 17.8 Å². The number of anilines is 3. The van der Waals surface area contributed by atoms with Gasteiger partial charge in [-0.1, -0.05) is 52.2 Å². The SMILES string of the molecule is CCC[C@H](C)Oc1nc(N(Cc2ccc(OC)c(OC)c2)Cc2ccc(OC)c(OC)c2)c2ncc(C(O)C3CCC(N(C)C(=O)OC(C)(C)C)CC3)n2n1.CCC[C@H](C)Oc1nc(N)c2ncc(C(O)C3CCC(NC)CC3)n2n1.CCC[C@H](C)Oc1nc(N)c2ncc(CC3CCC(NC)CC3)n2n1. The summed E-state index contributed by atoms with van der Waals surface area (Å²) in [6.45, 7) is 18.8. The summed E-state index contributed by atoms with van der Waals surface area (Å²) in [4.78, 5) is 43.6. The Bertz CT molecular complexity index is 4010. The number of imidazole rings is 3. The van der Waals surface area contributed by atoms with Gasteiger partial charge in [0.2, 0.25) is 0 Å². The van der Waals surface area contributed by atoms with Gasteiger partial charge < -0.3 is 80.0 Å². The Balaban J connectivity index is 0.000000210. The second kappa shape index (κ2) is 38.1. The fourth-order valence-corrected chi connectivity index (χ4v) is 14.6. The van der Waals surface area contributed by atoms with E-state index in [2.05, 4.69) is 73.5 Å². The standard InChI is InChI=1S/C41H58N6O8.C18H30N6O2.C18H30N6O/c1-11-12-26(2)54-39-43-38(46(24-27-13-19-32(50-7)34(21-27)52-9)25-28-14-20-33(51-8)35(22-28)53-10)37-42-23-31(47(37)44-39)36(48)29-15-17-30(18-16-29)45(6)40(49)55-41(3,4)5;1-4-5-11(2)26-18-22-16(19)17-21-10-14(24(17)23-18)15(25)12-6-8-13(20-3)9-7-12;1-4-5-12(2)25-18-22-16(19)17-21-11-15(24(17)23-18)10-13-6-8-14(20-3)9-7-13/h13-14,19-23,26,29-30,36,48H,11-12,15-18,24-25H2,1-10H3;10-13,15,20,25H,4-9H2,1-3H3,(H2,19,22,23);11-14,20H,4-10H2,1-3H3,(H2,19,22,23)/t26-,29?,30?,36?;11-,12?,13?,15?;12-,13?,14?/m000/s1. The number of rotatable bonds is 30. The monoisotopic (exact) mass is 1470 g/mol. The predicted molar refractivity (Wildman–Crippen MR) is 408 cm³/mol. The molecule has 2 aromatic carbocycles. The minimum atomic E-state index is -0.864. The van der Waals surface area contributed by atoms with Gasteiger partial charge in [-0.2, -0.15) is 15.0 Å². The number of carbonyl (C=O) groups excluding carboxylic acids is 1.